The molecule has 2 N–H and O–H groups in total. The smallest absolute Gasteiger partial charge is 0.397 e. The van der Waals surface area contributed by atoms with Gasteiger partial charge in [0.2, 0.25) is 0 Å². The van der Waals surface area contributed by atoms with Crippen LogP contribution < -0.4 is 5.73 Å². The number of likely N-dealkylation sites (N-methyl/N-ethyl adjacent to an activating group) is 2. The first-order valence-corrected chi connectivity index (χ1v) is 10.2. The molecule has 0 aliphatic rings. The number of thioether (sulfide) groups is 1. The first-order valence-electron chi connectivity index (χ1n) is 8.24. The first kappa shape index (κ1) is 27.0. The van der Waals surface area contributed by atoms with Crippen LogP contribution in [-0.2, 0) is 9.59 Å². The molecule has 11 heteroatoms. The van der Waals surface area contributed by atoms with E-state index in [-0.39, 0.29) is 11.4 Å². The minimum atomic E-state index is -4.61. The molecule has 0 saturated heterocycles. The number of carbonyl (C=O) groups is 2. The largest absolute Gasteiger partial charge is 0.406 e. The predicted octanol–water partition coefficient (Wildman–Crippen LogP) is 3.44. The van der Waals surface area contributed by atoms with E-state index in [1.807, 2.05) is 13.0 Å². The fourth-order valence-electron chi connectivity index (χ4n) is 1.88. The fraction of sp³-hybridized carbons (Fsp3) is 0.389. The van der Waals surface area contributed by atoms with E-state index in [1.54, 1.807) is 11.8 Å². The number of nitrogens with zero attached hydrogens (tertiary/aromatic N) is 3. The van der Waals surface area contributed by atoms with Crippen LogP contribution in [0.15, 0.2) is 51.9 Å². The monoisotopic (exact) mass is 496 g/mol. The second-order valence-electron chi connectivity index (χ2n) is 5.60. The molecule has 2 amide bonds. The summed E-state index contributed by atoms with van der Waals surface area (Å²) in [5.74, 6) is -0.213. The number of hydrogen-bond donors (Lipinski definition) is 1. The van der Waals surface area contributed by atoms with Crippen LogP contribution in [0.2, 0.25) is 0 Å². The topological polar surface area (TPSA) is 79.0 Å². The number of alkyl halides is 3. The molecule has 0 aromatic heterocycles. The van der Waals surface area contributed by atoms with Crippen LogP contribution in [0, 0.1) is 0 Å². The molecule has 0 spiro atoms. The summed E-state index contributed by atoms with van der Waals surface area (Å²) in [6, 6.07) is 0. The van der Waals surface area contributed by atoms with Crippen molar-refractivity contribution in [3.8, 4) is 0 Å². The lowest BCUT2D eigenvalue weighted by Gasteiger charge is -2.26. The number of allylic oxidation sites excluding steroid dienone is 2. The maximum Gasteiger partial charge on any atom is 0.406 e. The third kappa shape index (κ3) is 9.84. The third-order valence-corrected chi connectivity index (χ3v) is 4.63. The van der Waals surface area contributed by atoms with Gasteiger partial charge in [-0.15, -0.1) is 0 Å². The molecular weight excluding hydrogens is 473 g/mol. The van der Waals surface area contributed by atoms with Gasteiger partial charge < -0.3 is 15.5 Å². The van der Waals surface area contributed by atoms with Crippen LogP contribution in [0.25, 0.3) is 0 Å². The van der Waals surface area contributed by atoms with Crippen molar-refractivity contribution in [3.05, 3.63) is 46.9 Å². The van der Waals surface area contributed by atoms with Gasteiger partial charge in [0.1, 0.15) is 17.9 Å². The van der Waals surface area contributed by atoms with E-state index in [0.717, 1.165) is 29.5 Å². The van der Waals surface area contributed by atoms with Crippen LogP contribution in [0.1, 0.15) is 6.92 Å². The second kappa shape index (κ2) is 12.5. The van der Waals surface area contributed by atoms with Crippen molar-refractivity contribution in [1.82, 2.24) is 9.80 Å². The number of carbonyl (C=O) groups excluding carboxylic acids is 2. The van der Waals surface area contributed by atoms with Crippen molar-refractivity contribution in [1.29, 1.82) is 0 Å². The average Bonchev–Trinajstić information content (AvgIpc) is 2.63. The van der Waals surface area contributed by atoms with E-state index in [2.05, 4.69) is 34.1 Å². The van der Waals surface area contributed by atoms with E-state index < -0.39 is 30.2 Å². The standard InChI is InChI=1S/C18H24BrF3N4O2S/c1-6-14(23)15(17(28)25(4)11-18(20,21)22)26(5)16(27)12(3)24-10-13(19)8-9-29-7-2/h6,8,10H,1,3,7,9,11,23H2,2,4-5H3/b13-8+,15-14-,24-10?. The molecule has 6 nitrogen and oxygen atoms in total. The van der Waals surface area contributed by atoms with Gasteiger partial charge in [0.05, 0.1) is 5.70 Å². The highest BCUT2D eigenvalue weighted by atomic mass is 79.9. The lowest BCUT2D eigenvalue weighted by Crippen LogP contribution is -2.42. The molecule has 0 atom stereocenters. The molecule has 0 aliphatic carbocycles. The van der Waals surface area contributed by atoms with Crippen molar-refractivity contribution in [2.24, 2.45) is 10.7 Å². The molecule has 0 rings (SSSR count). The average molecular weight is 497 g/mol. The van der Waals surface area contributed by atoms with E-state index in [4.69, 9.17) is 5.73 Å². The van der Waals surface area contributed by atoms with Gasteiger partial charge in [0.15, 0.2) is 0 Å². The molecule has 29 heavy (non-hydrogen) atoms. The van der Waals surface area contributed by atoms with Crippen LogP contribution in [0.5, 0.6) is 0 Å². The van der Waals surface area contributed by atoms with Gasteiger partial charge in [0.25, 0.3) is 11.8 Å². The Morgan fingerprint density at radius 1 is 1.28 bits per heavy atom. The van der Waals surface area contributed by atoms with Crippen LogP contribution in [0.3, 0.4) is 0 Å². The second-order valence-corrected chi connectivity index (χ2v) is 7.84. The quantitative estimate of drug-likeness (QED) is 0.217. The highest BCUT2D eigenvalue weighted by molar-refractivity contribution is 9.12. The van der Waals surface area contributed by atoms with Gasteiger partial charge >= 0.3 is 6.18 Å². The molecule has 0 bridgehead atoms. The van der Waals surface area contributed by atoms with Crippen molar-refractivity contribution < 1.29 is 22.8 Å². The van der Waals surface area contributed by atoms with Gasteiger partial charge in [-0.1, -0.05) is 26.2 Å². The maximum absolute atomic E-state index is 12.6. The maximum atomic E-state index is 12.6. The molecular formula is C18H24BrF3N4O2S. The van der Waals surface area contributed by atoms with Crippen molar-refractivity contribution in [3.63, 3.8) is 0 Å². The zero-order valence-corrected chi connectivity index (χ0v) is 18.8. The number of rotatable bonds is 10. The molecule has 0 saturated carbocycles. The lowest BCUT2D eigenvalue weighted by atomic mass is 10.2. The minimum absolute atomic E-state index is 0.235. The van der Waals surface area contributed by atoms with Crippen LogP contribution in [-0.4, -0.2) is 66.2 Å². The Kier molecular flexibility index (Phi) is 11.7. The highest BCUT2D eigenvalue weighted by Gasteiger charge is 2.34. The first-order chi connectivity index (χ1) is 13.4. The number of hydrogen-bond acceptors (Lipinski definition) is 5. The van der Waals surface area contributed by atoms with Crippen LogP contribution in [0.4, 0.5) is 13.2 Å². The number of halogens is 4. The third-order valence-electron chi connectivity index (χ3n) is 3.29. The molecule has 0 radical (unpaired) electrons. The van der Waals surface area contributed by atoms with Crippen molar-refractivity contribution in [2.45, 2.75) is 13.1 Å². The SMILES string of the molecule is C=C/C(N)=C(\C(=O)N(C)CC(F)(F)F)N(C)C(=O)C(=C)N=C/C(Br)=C\CSCC. The lowest BCUT2D eigenvalue weighted by molar-refractivity contribution is -0.157. The van der Waals surface area contributed by atoms with Gasteiger partial charge in [0, 0.05) is 30.5 Å². The summed E-state index contributed by atoms with van der Waals surface area (Å²) in [6.07, 6.45) is -0.337. The summed E-state index contributed by atoms with van der Waals surface area (Å²) < 4.78 is 38.4. The normalized spacial score (nSPS) is 13.1. The van der Waals surface area contributed by atoms with Crippen molar-refractivity contribution in [2.75, 3.05) is 32.1 Å². The van der Waals surface area contributed by atoms with Crippen LogP contribution >= 0.6 is 27.7 Å². The molecule has 0 unspecified atom stereocenters. The Bertz CT molecular complexity index is 733. The Hall–Kier alpha value is -2.01. The molecule has 0 fully saturated rings. The van der Waals surface area contributed by atoms with E-state index in [1.165, 1.54) is 13.3 Å². The number of nitrogens with two attached hydrogens (primary N) is 1. The van der Waals surface area contributed by atoms with Gasteiger partial charge in [-0.2, -0.15) is 24.9 Å². The Balaban J connectivity index is 5.52. The summed E-state index contributed by atoms with van der Waals surface area (Å²) in [6.45, 7) is 7.45. The summed E-state index contributed by atoms with van der Waals surface area (Å²) in [7, 11) is 2.14. The highest BCUT2D eigenvalue weighted by Crippen LogP contribution is 2.19. The molecule has 0 aromatic carbocycles. The Morgan fingerprint density at radius 2 is 1.86 bits per heavy atom. The minimum Gasteiger partial charge on any atom is -0.397 e. The van der Waals surface area contributed by atoms with Gasteiger partial charge in [-0.05, 0) is 27.8 Å². The molecule has 0 heterocycles. The summed E-state index contributed by atoms with van der Waals surface area (Å²) in [4.78, 5) is 30.1. The van der Waals surface area contributed by atoms with E-state index in [9.17, 15) is 22.8 Å². The van der Waals surface area contributed by atoms with Gasteiger partial charge in [-0.25, -0.2) is 0 Å². The molecule has 0 aromatic rings. The number of amides is 2. The number of aliphatic imine (C=N–C) groups is 1. The summed E-state index contributed by atoms with van der Waals surface area (Å²) in [5.41, 5.74) is 4.75. The Morgan fingerprint density at radius 3 is 2.34 bits per heavy atom. The zero-order chi connectivity index (χ0) is 22.8. The Labute approximate surface area is 181 Å². The van der Waals surface area contributed by atoms with E-state index >= 15 is 0 Å². The van der Waals surface area contributed by atoms with E-state index in [0.29, 0.717) is 9.38 Å². The molecule has 0 aliphatic heterocycles. The summed E-state index contributed by atoms with van der Waals surface area (Å²) in [5, 5.41) is 0. The van der Waals surface area contributed by atoms with Gasteiger partial charge in [-0.3, -0.25) is 14.6 Å². The zero-order valence-electron chi connectivity index (χ0n) is 16.4. The van der Waals surface area contributed by atoms with Crippen molar-refractivity contribution >= 4 is 45.7 Å². The predicted molar refractivity (Wildman–Crippen MR) is 116 cm³/mol. The summed E-state index contributed by atoms with van der Waals surface area (Å²) >= 11 is 4.96. The fourth-order valence-corrected chi connectivity index (χ4v) is 2.89. The molecule has 162 valence electrons.